The predicted molar refractivity (Wildman–Crippen MR) is 131 cm³/mol. The number of anilines is 1. The first kappa shape index (κ1) is 21.9. The first-order valence-corrected chi connectivity index (χ1v) is 12.2. The first-order chi connectivity index (χ1) is 16.2. The normalized spacial score (nSPS) is 19.9. The fraction of sp³-hybridized carbons (Fsp3) is 0.259. The minimum absolute atomic E-state index is 0.0994. The Morgan fingerprint density at radius 2 is 1.39 bits per heavy atom. The number of rotatable bonds is 6. The molecule has 0 N–H and O–H groups in total. The molecule has 0 unspecified atom stereocenters. The molecule has 3 aromatic carbocycles. The largest absolute Gasteiger partial charge is 0.297 e. The number of benzene rings is 3. The third-order valence-electron chi connectivity index (χ3n) is 6.30. The van der Waals surface area contributed by atoms with Crippen LogP contribution in [0.4, 0.5) is 5.69 Å². The molecule has 0 bridgehead atoms. The van der Waals surface area contributed by atoms with E-state index in [1.54, 1.807) is 11.8 Å². The van der Waals surface area contributed by atoms with E-state index in [0.29, 0.717) is 5.69 Å². The fourth-order valence-electron chi connectivity index (χ4n) is 4.57. The molecule has 2 saturated heterocycles. The van der Waals surface area contributed by atoms with Gasteiger partial charge < -0.3 is 0 Å². The summed E-state index contributed by atoms with van der Waals surface area (Å²) >= 11 is 1.58. The average molecular weight is 458 g/mol. The van der Waals surface area contributed by atoms with Gasteiger partial charge in [0, 0.05) is 42.5 Å². The molecule has 1 atom stereocenters. The van der Waals surface area contributed by atoms with Gasteiger partial charge in [0.2, 0.25) is 5.91 Å². The molecule has 2 amide bonds. The number of carbonyl (C=O) groups excluding carboxylic acids is 2. The van der Waals surface area contributed by atoms with Crippen LogP contribution in [0.2, 0.25) is 0 Å². The van der Waals surface area contributed by atoms with Gasteiger partial charge in [0.05, 0.1) is 18.2 Å². The van der Waals surface area contributed by atoms with E-state index in [1.807, 2.05) is 60.7 Å². The Morgan fingerprint density at radius 3 is 2.12 bits per heavy atom. The Morgan fingerprint density at radius 1 is 0.758 bits per heavy atom. The lowest BCUT2D eigenvalue weighted by Gasteiger charge is -2.37. The van der Waals surface area contributed by atoms with Crippen molar-refractivity contribution in [2.45, 2.75) is 28.8 Å². The fourth-order valence-corrected chi connectivity index (χ4v) is 5.53. The summed E-state index contributed by atoms with van der Waals surface area (Å²) in [5.41, 5.74) is 1.99. The molecular formula is C27H27N3O2S. The number of para-hydroxylation sites is 1. The van der Waals surface area contributed by atoms with Crippen molar-refractivity contribution in [2.75, 3.05) is 31.1 Å². The monoisotopic (exact) mass is 457 g/mol. The Bertz CT molecular complexity index is 1110. The second kappa shape index (κ2) is 9.91. The summed E-state index contributed by atoms with van der Waals surface area (Å²) in [5, 5.41) is 0. The Kier molecular flexibility index (Phi) is 6.58. The Hall–Kier alpha value is -2.93. The van der Waals surface area contributed by atoms with E-state index in [1.165, 1.54) is 10.5 Å². The molecule has 168 valence electrons. The maximum absolute atomic E-state index is 13.4. The van der Waals surface area contributed by atoms with E-state index in [2.05, 4.69) is 34.1 Å². The molecular weight excluding hydrogens is 430 g/mol. The van der Waals surface area contributed by atoms with E-state index in [0.717, 1.165) is 42.5 Å². The summed E-state index contributed by atoms with van der Waals surface area (Å²) in [4.78, 5) is 34.4. The molecule has 0 aliphatic carbocycles. The molecule has 5 rings (SSSR count). The Balaban J connectivity index is 1.27. The van der Waals surface area contributed by atoms with Crippen molar-refractivity contribution < 1.29 is 9.59 Å². The number of imide groups is 1. The quantitative estimate of drug-likeness (QED) is 0.517. The van der Waals surface area contributed by atoms with Crippen LogP contribution in [0.5, 0.6) is 0 Å². The van der Waals surface area contributed by atoms with Gasteiger partial charge in [-0.05, 0) is 29.8 Å². The van der Waals surface area contributed by atoms with E-state index in [4.69, 9.17) is 0 Å². The summed E-state index contributed by atoms with van der Waals surface area (Å²) in [7, 11) is 0. The molecule has 2 aliphatic rings. The number of hydrogen-bond acceptors (Lipinski definition) is 5. The molecule has 2 fully saturated rings. The summed E-state index contributed by atoms with van der Waals surface area (Å²) < 4.78 is 0. The standard InChI is InChI=1S/C27H27N3O2S/c31-26-19-24(29-17-15-28(16-18-29)20-21-9-3-1-4-10-21)27(32)30(26)23-13-7-8-14-25(23)33-22-11-5-2-6-12-22/h1-14,24H,15-20H2/t24-/m0/s1. The van der Waals surface area contributed by atoms with Gasteiger partial charge >= 0.3 is 0 Å². The van der Waals surface area contributed by atoms with Gasteiger partial charge in [0.25, 0.3) is 5.91 Å². The summed E-state index contributed by atoms with van der Waals surface area (Å²) in [6, 6.07) is 27.8. The van der Waals surface area contributed by atoms with Crippen LogP contribution in [-0.4, -0.2) is 53.8 Å². The van der Waals surface area contributed by atoms with Crippen molar-refractivity contribution in [3.8, 4) is 0 Å². The van der Waals surface area contributed by atoms with Crippen LogP contribution < -0.4 is 4.90 Å². The van der Waals surface area contributed by atoms with Gasteiger partial charge in [-0.15, -0.1) is 0 Å². The molecule has 2 heterocycles. The number of hydrogen-bond donors (Lipinski definition) is 0. The highest BCUT2D eigenvalue weighted by Gasteiger charge is 2.44. The third kappa shape index (κ3) is 4.88. The molecule has 6 heteroatoms. The van der Waals surface area contributed by atoms with Gasteiger partial charge in [0.15, 0.2) is 0 Å². The number of piperazine rings is 1. The smallest absolute Gasteiger partial charge is 0.251 e. The van der Waals surface area contributed by atoms with Crippen molar-refractivity contribution in [3.05, 3.63) is 90.5 Å². The lowest BCUT2D eigenvalue weighted by Crippen LogP contribution is -2.52. The van der Waals surface area contributed by atoms with E-state index < -0.39 is 0 Å². The van der Waals surface area contributed by atoms with E-state index in [-0.39, 0.29) is 24.3 Å². The predicted octanol–water partition coefficient (Wildman–Crippen LogP) is 4.29. The molecule has 3 aromatic rings. The van der Waals surface area contributed by atoms with Gasteiger partial charge in [-0.2, -0.15) is 0 Å². The maximum atomic E-state index is 13.4. The van der Waals surface area contributed by atoms with Gasteiger partial charge in [-0.25, -0.2) is 4.90 Å². The third-order valence-corrected chi connectivity index (χ3v) is 7.37. The van der Waals surface area contributed by atoms with Crippen molar-refractivity contribution in [2.24, 2.45) is 0 Å². The van der Waals surface area contributed by atoms with E-state index in [9.17, 15) is 9.59 Å². The summed E-state index contributed by atoms with van der Waals surface area (Å²) in [6.07, 6.45) is 0.252. The topological polar surface area (TPSA) is 43.9 Å². The molecule has 5 nitrogen and oxygen atoms in total. The van der Waals surface area contributed by atoms with Crippen molar-refractivity contribution in [3.63, 3.8) is 0 Å². The molecule has 0 aromatic heterocycles. The van der Waals surface area contributed by atoms with Gasteiger partial charge in [-0.1, -0.05) is 72.4 Å². The summed E-state index contributed by atoms with van der Waals surface area (Å²) in [5.74, 6) is -0.213. The van der Waals surface area contributed by atoms with Crippen LogP contribution in [0.1, 0.15) is 12.0 Å². The molecule has 0 saturated carbocycles. The first-order valence-electron chi connectivity index (χ1n) is 11.4. The van der Waals surface area contributed by atoms with Crippen LogP contribution >= 0.6 is 11.8 Å². The highest BCUT2D eigenvalue weighted by Crippen LogP contribution is 2.37. The second-order valence-electron chi connectivity index (χ2n) is 8.47. The lowest BCUT2D eigenvalue weighted by atomic mass is 10.1. The maximum Gasteiger partial charge on any atom is 0.251 e. The highest BCUT2D eigenvalue weighted by atomic mass is 32.2. The van der Waals surface area contributed by atoms with Crippen molar-refractivity contribution in [1.29, 1.82) is 0 Å². The lowest BCUT2D eigenvalue weighted by molar-refractivity contribution is -0.123. The zero-order chi connectivity index (χ0) is 22.6. The molecule has 33 heavy (non-hydrogen) atoms. The molecule has 2 aliphatic heterocycles. The average Bonchev–Trinajstić information content (AvgIpc) is 3.15. The SMILES string of the molecule is O=C1C[C@H](N2CCN(Cc3ccccc3)CC2)C(=O)N1c1ccccc1Sc1ccccc1. The minimum atomic E-state index is -0.369. The zero-order valence-electron chi connectivity index (χ0n) is 18.5. The van der Waals surface area contributed by atoms with Crippen molar-refractivity contribution in [1.82, 2.24) is 9.80 Å². The number of nitrogens with zero attached hydrogens (tertiary/aromatic N) is 3. The minimum Gasteiger partial charge on any atom is -0.297 e. The van der Waals surface area contributed by atoms with Crippen LogP contribution in [0.25, 0.3) is 0 Å². The molecule has 0 spiro atoms. The Labute approximate surface area is 199 Å². The molecule has 0 radical (unpaired) electrons. The zero-order valence-corrected chi connectivity index (χ0v) is 19.3. The second-order valence-corrected chi connectivity index (χ2v) is 9.58. The summed E-state index contributed by atoms with van der Waals surface area (Å²) in [6.45, 7) is 4.30. The highest BCUT2D eigenvalue weighted by molar-refractivity contribution is 7.99. The number of carbonyl (C=O) groups is 2. The van der Waals surface area contributed by atoms with Crippen molar-refractivity contribution >= 4 is 29.3 Å². The number of amides is 2. The van der Waals surface area contributed by atoms with Gasteiger partial charge in [0.1, 0.15) is 0 Å². The van der Waals surface area contributed by atoms with Crippen LogP contribution in [0, 0.1) is 0 Å². The van der Waals surface area contributed by atoms with Crippen LogP contribution in [-0.2, 0) is 16.1 Å². The van der Waals surface area contributed by atoms with Crippen LogP contribution in [0.15, 0.2) is 94.7 Å². The van der Waals surface area contributed by atoms with Crippen LogP contribution in [0.3, 0.4) is 0 Å². The van der Waals surface area contributed by atoms with Gasteiger partial charge in [-0.3, -0.25) is 19.4 Å². The van der Waals surface area contributed by atoms with E-state index >= 15 is 0 Å².